The second-order valence-electron chi connectivity index (χ2n) is 3.16. The van der Waals surface area contributed by atoms with Crippen LogP contribution in [0.3, 0.4) is 0 Å². The highest BCUT2D eigenvalue weighted by atomic mass is 15.0. The molecule has 0 fully saturated rings. The number of fused-ring (bicyclic) bond motifs is 1. The lowest BCUT2D eigenvalue weighted by Crippen LogP contribution is -1.87. The molecular weight excluding hydrogens is 188 g/mol. The standard InChI is InChI=1S/C11H8N4/c1-2-7-15-8-14-10(9(15)4-1)11-12-5-3-6-13-11/h1-8H. The fourth-order valence-corrected chi connectivity index (χ4v) is 1.54. The molecule has 0 radical (unpaired) electrons. The molecule has 3 rings (SSSR count). The average Bonchev–Trinajstić information content (AvgIpc) is 2.74. The van der Waals surface area contributed by atoms with Crippen molar-refractivity contribution < 1.29 is 0 Å². The molecule has 0 saturated heterocycles. The lowest BCUT2D eigenvalue weighted by molar-refractivity contribution is 1.14. The van der Waals surface area contributed by atoms with Crippen LogP contribution in [0, 0.1) is 0 Å². The Kier molecular flexibility index (Phi) is 1.71. The van der Waals surface area contributed by atoms with Gasteiger partial charge in [0.15, 0.2) is 5.82 Å². The third-order valence-electron chi connectivity index (χ3n) is 2.22. The summed E-state index contributed by atoms with van der Waals surface area (Å²) in [5.74, 6) is 0.659. The SMILES string of the molecule is c1cnc(-c2ncn3ccccc23)nc1. The maximum Gasteiger partial charge on any atom is 0.180 e. The Bertz CT molecular complexity index is 586. The van der Waals surface area contributed by atoms with Gasteiger partial charge in [0.2, 0.25) is 0 Å². The lowest BCUT2D eigenvalue weighted by atomic mass is 10.3. The van der Waals surface area contributed by atoms with Gasteiger partial charge in [-0.3, -0.25) is 0 Å². The van der Waals surface area contributed by atoms with Crippen LogP contribution in [-0.2, 0) is 0 Å². The highest BCUT2D eigenvalue weighted by Gasteiger charge is 2.07. The van der Waals surface area contributed by atoms with Crippen molar-refractivity contribution in [2.24, 2.45) is 0 Å². The molecule has 0 aliphatic carbocycles. The van der Waals surface area contributed by atoms with Gasteiger partial charge < -0.3 is 4.40 Å². The lowest BCUT2D eigenvalue weighted by Gasteiger charge is -1.95. The van der Waals surface area contributed by atoms with Crippen molar-refractivity contribution in [3.05, 3.63) is 49.2 Å². The summed E-state index contributed by atoms with van der Waals surface area (Å²) in [5.41, 5.74) is 1.83. The van der Waals surface area contributed by atoms with Crippen molar-refractivity contribution in [1.82, 2.24) is 19.4 Å². The predicted molar refractivity (Wildman–Crippen MR) is 56.2 cm³/mol. The van der Waals surface area contributed by atoms with Crippen LogP contribution < -0.4 is 0 Å². The van der Waals surface area contributed by atoms with Gasteiger partial charge >= 0.3 is 0 Å². The Morgan fingerprint density at radius 3 is 2.67 bits per heavy atom. The van der Waals surface area contributed by atoms with E-state index in [9.17, 15) is 0 Å². The Morgan fingerprint density at radius 2 is 1.80 bits per heavy atom. The summed E-state index contributed by atoms with van der Waals surface area (Å²) in [7, 11) is 0. The number of imidazole rings is 1. The molecule has 0 saturated carbocycles. The van der Waals surface area contributed by atoms with Gasteiger partial charge in [-0.2, -0.15) is 0 Å². The zero-order valence-corrected chi connectivity index (χ0v) is 7.91. The topological polar surface area (TPSA) is 43.1 Å². The fourth-order valence-electron chi connectivity index (χ4n) is 1.54. The first kappa shape index (κ1) is 8.11. The van der Waals surface area contributed by atoms with Crippen LogP contribution in [-0.4, -0.2) is 19.4 Å². The molecule has 0 amide bonds. The van der Waals surface area contributed by atoms with Crippen molar-refractivity contribution in [2.45, 2.75) is 0 Å². The van der Waals surface area contributed by atoms with E-state index in [2.05, 4.69) is 15.0 Å². The number of rotatable bonds is 1. The normalized spacial score (nSPS) is 10.7. The highest BCUT2D eigenvalue weighted by Crippen LogP contribution is 2.17. The minimum Gasteiger partial charge on any atom is -0.306 e. The van der Waals surface area contributed by atoms with Gasteiger partial charge in [0, 0.05) is 18.6 Å². The number of hydrogen-bond acceptors (Lipinski definition) is 3. The van der Waals surface area contributed by atoms with E-state index in [0.29, 0.717) is 5.82 Å². The third-order valence-corrected chi connectivity index (χ3v) is 2.22. The molecule has 0 aliphatic heterocycles. The summed E-state index contributed by atoms with van der Waals surface area (Å²) in [6, 6.07) is 7.73. The molecule has 0 bridgehead atoms. The smallest absolute Gasteiger partial charge is 0.180 e. The summed E-state index contributed by atoms with van der Waals surface area (Å²) < 4.78 is 1.95. The molecular formula is C11H8N4. The summed E-state index contributed by atoms with van der Waals surface area (Å²) in [4.78, 5) is 12.7. The zero-order chi connectivity index (χ0) is 10.1. The van der Waals surface area contributed by atoms with Crippen molar-refractivity contribution >= 4 is 5.52 Å². The van der Waals surface area contributed by atoms with Gasteiger partial charge in [-0.25, -0.2) is 15.0 Å². The van der Waals surface area contributed by atoms with E-state index in [4.69, 9.17) is 0 Å². The Balaban J connectivity index is 2.28. The predicted octanol–water partition coefficient (Wildman–Crippen LogP) is 1.79. The molecule has 4 nitrogen and oxygen atoms in total. The summed E-state index contributed by atoms with van der Waals surface area (Å²) >= 11 is 0. The van der Waals surface area contributed by atoms with Gasteiger partial charge in [-0.05, 0) is 18.2 Å². The molecule has 4 heteroatoms. The third kappa shape index (κ3) is 1.27. The minimum atomic E-state index is 0.659. The quantitative estimate of drug-likeness (QED) is 0.596. The van der Waals surface area contributed by atoms with E-state index in [1.54, 1.807) is 24.8 Å². The van der Waals surface area contributed by atoms with Crippen molar-refractivity contribution in [3.8, 4) is 11.5 Å². The van der Waals surface area contributed by atoms with Crippen LogP contribution in [0.1, 0.15) is 0 Å². The van der Waals surface area contributed by atoms with E-state index in [1.807, 2.05) is 28.8 Å². The van der Waals surface area contributed by atoms with Crippen molar-refractivity contribution in [3.63, 3.8) is 0 Å². The van der Waals surface area contributed by atoms with Crippen LogP contribution in [0.2, 0.25) is 0 Å². The maximum absolute atomic E-state index is 4.30. The van der Waals surface area contributed by atoms with Crippen molar-refractivity contribution in [1.29, 1.82) is 0 Å². The van der Waals surface area contributed by atoms with Gasteiger partial charge in [0.1, 0.15) is 12.0 Å². The van der Waals surface area contributed by atoms with Crippen LogP contribution in [0.25, 0.3) is 17.0 Å². The Hall–Kier alpha value is -2.23. The second-order valence-corrected chi connectivity index (χ2v) is 3.16. The highest BCUT2D eigenvalue weighted by molar-refractivity contribution is 5.72. The molecule has 0 N–H and O–H groups in total. The minimum absolute atomic E-state index is 0.659. The van der Waals surface area contributed by atoms with Crippen molar-refractivity contribution in [2.75, 3.05) is 0 Å². The number of pyridine rings is 1. The van der Waals surface area contributed by atoms with E-state index in [-0.39, 0.29) is 0 Å². The molecule has 3 heterocycles. The van der Waals surface area contributed by atoms with Gasteiger partial charge in [-0.1, -0.05) is 6.07 Å². The molecule has 3 aromatic heterocycles. The molecule has 0 atom stereocenters. The molecule has 0 spiro atoms. The van der Waals surface area contributed by atoms with Crippen LogP contribution in [0.4, 0.5) is 0 Å². The first-order valence-corrected chi connectivity index (χ1v) is 4.64. The number of aromatic nitrogens is 4. The van der Waals surface area contributed by atoms with Crippen LogP contribution in [0.5, 0.6) is 0 Å². The Morgan fingerprint density at radius 1 is 0.933 bits per heavy atom. The van der Waals surface area contributed by atoms with Crippen LogP contribution in [0.15, 0.2) is 49.2 Å². The van der Waals surface area contributed by atoms with E-state index in [0.717, 1.165) is 11.2 Å². The monoisotopic (exact) mass is 196 g/mol. The first-order valence-electron chi connectivity index (χ1n) is 4.64. The molecule has 0 aromatic carbocycles. The molecule has 72 valence electrons. The van der Waals surface area contributed by atoms with Gasteiger partial charge in [0.05, 0.1) is 5.52 Å². The Labute approximate surface area is 86.3 Å². The summed E-state index contributed by atoms with van der Waals surface area (Å²) in [6.45, 7) is 0. The first-order chi connectivity index (χ1) is 7.45. The largest absolute Gasteiger partial charge is 0.306 e. The fraction of sp³-hybridized carbons (Fsp3) is 0. The molecule has 0 aliphatic rings. The van der Waals surface area contributed by atoms with Gasteiger partial charge in [-0.15, -0.1) is 0 Å². The second kappa shape index (κ2) is 3.16. The summed E-state index contributed by atoms with van der Waals surface area (Å²) in [5, 5.41) is 0. The molecule has 0 unspecified atom stereocenters. The number of nitrogens with zero attached hydrogens (tertiary/aromatic N) is 4. The maximum atomic E-state index is 4.30. The van der Waals surface area contributed by atoms with E-state index >= 15 is 0 Å². The zero-order valence-electron chi connectivity index (χ0n) is 7.91. The van der Waals surface area contributed by atoms with Gasteiger partial charge in [0.25, 0.3) is 0 Å². The molecule has 15 heavy (non-hydrogen) atoms. The number of hydrogen-bond donors (Lipinski definition) is 0. The van der Waals surface area contributed by atoms with Crippen LogP contribution >= 0.6 is 0 Å². The van der Waals surface area contributed by atoms with E-state index < -0.39 is 0 Å². The van der Waals surface area contributed by atoms with E-state index in [1.165, 1.54) is 0 Å². The molecule has 3 aromatic rings. The average molecular weight is 196 g/mol. The summed E-state index contributed by atoms with van der Waals surface area (Å²) in [6.07, 6.45) is 7.16.